The van der Waals surface area contributed by atoms with Crippen molar-refractivity contribution in [2.24, 2.45) is 0 Å². The van der Waals surface area contributed by atoms with Crippen LogP contribution in [0.4, 0.5) is 17.6 Å². The van der Waals surface area contributed by atoms with E-state index in [4.69, 9.17) is 14.2 Å². The van der Waals surface area contributed by atoms with Gasteiger partial charge in [0.25, 0.3) is 0 Å². The highest BCUT2D eigenvalue weighted by Gasteiger charge is 2.30. The van der Waals surface area contributed by atoms with Gasteiger partial charge in [0, 0.05) is 0 Å². The van der Waals surface area contributed by atoms with Gasteiger partial charge in [0.2, 0.25) is 0 Å². The molecule has 32 heavy (non-hydrogen) atoms. The average molecular weight is 519 g/mol. The van der Waals surface area contributed by atoms with Gasteiger partial charge in [-0.3, -0.25) is 0 Å². The molecule has 0 N–H and O–H groups in total. The molecule has 0 aliphatic carbocycles. The Hall–Kier alpha value is -2.22. The average Bonchev–Trinajstić information content (AvgIpc) is 2.75. The Morgan fingerprint density at radius 1 is 0.875 bits per heavy atom. The molecule has 0 spiro atoms. The van der Waals surface area contributed by atoms with Crippen LogP contribution in [0.3, 0.4) is 0 Å². The highest BCUT2D eigenvalue weighted by atomic mass is 79.9. The van der Waals surface area contributed by atoms with Gasteiger partial charge in [-0.15, -0.1) is 0 Å². The molecule has 0 atom stereocenters. The van der Waals surface area contributed by atoms with E-state index in [1.165, 1.54) is 18.2 Å². The summed E-state index contributed by atoms with van der Waals surface area (Å²) in [5, 5.41) is 0. The second kappa shape index (κ2) is 12.7. The third-order valence-electron chi connectivity index (χ3n) is 4.70. The lowest BCUT2D eigenvalue weighted by atomic mass is 10.0. The topological polar surface area (TPSA) is 27.7 Å². The Morgan fingerprint density at radius 3 is 1.94 bits per heavy atom. The molecule has 0 saturated heterocycles. The van der Waals surface area contributed by atoms with Crippen molar-refractivity contribution in [2.75, 3.05) is 19.8 Å². The summed E-state index contributed by atoms with van der Waals surface area (Å²) in [5.74, 6) is 1.92. The molecule has 2 rings (SSSR count). The van der Waals surface area contributed by atoms with E-state index in [9.17, 15) is 17.6 Å². The fraction of sp³-hybridized carbons (Fsp3) is 0.417. The molecule has 0 amide bonds. The van der Waals surface area contributed by atoms with Gasteiger partial charge in [0.05, 0.1) is 18.8 Å². The monoisotopic (exact) mass is 518 g/mol. The minimum Gasteiger partial charge on any atom is -0.494 e. The Balaban J connectivity index is 1.83. The Bertz CT molecular complexity index is 851. The largest absolute Gasteiger partial charge is 0.494 e. The van der Waals surface area contributed by atoms with E-state index in [0.29, 0.717) is 31.1 Å². The molecule has 0 aliphatic rings. The van der Waals surface area contributed by atoms with Crippen molar-refractivity contribution in [3.05, 3.63) is 63.9 Å². The molecule has 0 saturated carbocycles. The van der Waals surface area contributed by atoms with Gasteiger partial charge in [-0.05, 0) is 95.2 Å². The van der Waals surface area contributed by atoms with Crippen molar-refractivity contribution in [1.29, 1.82) is 0 Å². The molecule has 3 nitrogen and oxygen atoms in total. The number of ether oxygens (including phenoxy) is 3. The summed E-state index contributed by atoms with van der Waals surface area (Å²) >= 11 is 2.73. The van der Waals surface area contributed by atoms with Gasteiger partial charge in [-0.25, -0.2) is 0 Å². The van der Waals surface area contributed by atoms with Crippen LogP contribution in [0, 0.1) is 0 Å². The van der Waals surface area contributed by atoms with Crippen LogP contribution in [0.2, 0.25) is 0 Å². The number of alkyl halides is 3. The van der Waals surface area contributed by atoms with Crippen LogP contribution in [0.15, 0.2) is 47.2 Å². The van der Waals surface area contributed by atoms with Gasteiger partial charge in [0.1, 0.15) is 23.9 Å². The summed E-state index contributed by atoms with van der Waals surface area (Å²) in [4.78, 5) is 0. The minimum absolute atomic E-state index is 0.128. The first-order valence-electron chi connectivity index (χ1n) is 10.5. The van der Waals surface area contributed by atoms with Crippen molar-refractivity contribution in [3.63, 3.8) is 0 Å². The van der Waals surface area contributed by atoms with Crippen molar-refractivity contribution in [3.8, 4) is 17.2 Å². The fourth-order valence-electron chi connectivity index (χ4n) is 3.03. The first kappa shape index (κ1) is 26.0. The second-order valence-corrected chi connectivity index (χ2v) is 7.77. The van der Waals surface area contributed by atoms with Gasteiger partial charge in [-0.2, -0.15) is 17.6 Å². The summed E-state index contributed by atoms with van der Waals surface area (Å²) in [6, 6.07) is 8.48. The normalized spacial score (nSPS) is 12.0. The molecule has 2 aromatic rings. The predicted octanol–water partition coefficient (Wildman–Crippen LogP) is 7.65. The summed E-state index contributed by atoms with van der Waals surface area (Å²) in [6.45, 7) is 5.07. The maximum Gasteiger partial charge on any atom is 0.416 e. The number of hydrogen-bond acceptors (Lipinski definition) is 3. The van der Waals surface area contributed by atoms with E-state index in [1.54, 1.807) is 0 Å². The minimum atomic E-state index is -4.35. The quantitative estimate of drug-likeness (QED) is 0.213. The molecule has 176 valence electrons. The number of rotatable bonds is 12. The maximum atomic E-state index is 12.8. The number of unbranched alkanes of at least 4 members (excludes halogenated alkanes) is 1. The van der Waals surface area contributed by atoms with Crippen LogP contribution in [-0.4, -0.2) is 19.8 Å². The van der Waals surface area contributed by atoms with Crippen LogP contribution >= 0.6 is 15.9 Å². The zero-order chi connectivity index (χ0) is 23.6. The van der Waals surface area contributed by atoms with Crippen molar-refractivity contribution < 1.29 is 31.8 Å². The first-order valence-corrected chi connectivity index (χ1v) is 11.3. The molecule has 0 aromatic heterocycles. The zero-order valence-corrected chi connectivity index (χ0v) is 19.7. The van der Waals surface area contributed by atoms with E-state index in [2.05, 4.69) is 15.9 Å². The third-order valence-corrected chi connectivity index (χ3v) is 5.02. The van der Waals surface area contributed by atoms with Gasteiger partial charge in [-0.1, -0.05) is 13.8 Å². The summed E-state index contributed by atoms with van der Waals surface area (Å²) in [7, 11) is 0. The molecule has 8 heteroatoms. The molecule has 0 unspecified atom stereocenters. The molecule has 2 aromatic carbocycles. The van der Waals surface area contributed by atoms with E-state index in [-0.39, 0.29) is 6.61 Å². The lowest BCUT2D eigenvalue weighted by Crippen LogP contribution is -2.07. The fourth-order valence-corrected chi connectivity index (χ4v) is 3.16. The highest BCUT2D eigenvalue weighted by molar-refractivity contribution is 9.11. The number of benzene rings is 2. The molecular weight excluding hydrogens is 492 g/mol. The van der Waals surface area contributed by atoms with Crippen molar-refractivity contribution >= 4 is 15.9 Å². The SMILES string of the molecule is CCc1cc(OCC=C(F)Br)cc(CC)c1OCCCCOc1ccc(C(F)(F)F)cc1. The van der Waals surface area contributed by atoms with Crippen molar-refractivity contribution in [2.45, 2.75) is 45.7 Å². The standard InChI is InChI=1S/C24H27BrF4O3/c1-3-17-15-21(31-14-11-22(25)26)16-18(4-2)23(17)32-13-6-5-12-30-20-9-7-19(8-10-20)24(27,28)29/h7-11,15-16H,3-6,12-14H2,1-2H3. The number of hydrogen-bond donors (Lipinski definition) is 0. The maximum absolute atomic E-state index is 12.8. The van der Waals surface area contributed by atoms with Crippen LogP contribution in [0.1, 0.15) is 43.4 Å². The van der Waals surface area contributed by atoms with E-state index in [1.807, 2.05) is 26.0 Å². The summed E-state index contributed by atoms with van der Waals surface area (Å²) in [5.41, 5.74) is 1.34. The van der Waals surface area contributed by atoms with Crippen LogP contribution in [-0.2, 0) is 19.0 Å². The molecule has 0 aliphatic heterocycles. The third kappa shape index (κ3) is 8.37. The Kier molecular flexibility index (Phi) is 10.4. The van der Waals surface area contributed by atoms with E-state index >= 15 is 0 Å². The number of aryl methyl sites for hydroxylation is 2. The number of halogens is 5. The Labute approximate surface area is 194 Å². The van der Waals surface area contributed by atoms with Crippen LogP contribution < -0.4 is 14.2 Å². The molecule has 0 radical (unpaired) electrons. The van der Waals surface area contributed by atoms with Crippen LogP contribution in [0.5, 0.6) is 17.2 Å². The summed E-state index contributed by atoms with van der Waals surface area (Å²) in [6.07, 6.45) is -0.0830. The predicted molar refractivity (Wildman–Crippen MR) is 120 cm³/mol. The highest BCUT2D eigenvalue weighted by Crippen LogP contribution is 2.32. The van der Waals surface area contributed by atoms with Gasteiger partial charge < -0.3 is 14.2 Å². The zero-order valence-electron chi connectivity index (χ0n) is 18.1. The molecule has 0 heterocycles. The van der Waals surface area contributed by atoms with Gasteiger partial charge >= 0.3 is 6.18 Å². The Morgan fingerprint density at radius 2 is 1.44 bits per heavy atom. The van der Waals surface area contributed by atoms with Gasteiger partial charge in [0.15, 0.2) is 4.74 Å². The molecule has 0 bridgehead atoms. The smallest absolute Gasteiger partial charge is 0.416 e. The lowest BCUT2D eigenvalue weighted by molar-refractivity contribution is -0.137. The van der Waals surface area contributed by atoms with Crippen molar-refractivity contribution in [1.82, 2.24) is 0 Å². The second-order valence-electron chi connectivity index (χ2n) is 7.01. The van der Waals surface area contributed by atoms with E-state index in [0.717, 1.165) is 48.3 Å². The van der Waals surface area contributed by atoms with E-state index < -0.39 is 16.5 Å². The molecule has 0 fully saturated rings. The summed E-state index contributed by atoms with van der Waals surface area (Å²) < 4.78 is 67.2. The van der Waals surface area contributed by atoms with Crippen LogP contribution in [0.25, 0.3) is 0 Å². The first-order chi connectivity index (χ1) is 15.2. The molecular formula is C24H27BrF4O3. The lowest BCUT2D eigenvalue weighted by Gasteiger charge is -2.17.